The lowest BCUT2D eigenvalue weighted by Crippen LogP contribution is -2.26. The van der Waals surface area contributed by atoms with Crippen molar-refractivity contribution in [2.45, 2.75) is 13.3 Å². The monoisotopic (exact) mass is 360 g/mol. The highest BCUT2D eigenvalue weighted by atomic mass is 19.2. The van der Waals surface area contributed by atoms with E-state index in [4.69, 9.17) is 4.42 Å². The van der Waals surface area contributed by atoms with Crippen molar-refractivity contribution < 1.29 is 22.4 Å². The van der Waals surface area contributed by atoms with Crippen molar-refractivity contribution in [2.24, 2.45) is 0 Å². The first kappa shape index (κ1) is 17.7. The number of aryl methyl sites for hydroxylation is 1. The summed E-state index contributed by atoms with van der Waals surface area (Å²) in [5.74, 6) is -2.38. The number of nitrogens with zero attached hydrogens (tertiary/aromatic N) is 1. The second kappa shape index (κ2) is 7.43. The van der Waals surface area contributed by atoms with E-state index >= 15 is 0 Å². The van der Waals surface area contributed by atoms with Gasteiger partial charge in [0.25, 0.3) is 5.91 Å². The molecule has 1 amide bonds. The quantitative estimate of drug-likeness (QED) is 0.747. The van der Waals surface area contributed by atoms with Crippen molar-refractivity contribution in [3.63, 3.8) is 0 Å². The number of hydrogen-bond donors (Lipinski definition) is 1. The van der Waals surface area contributed by atoms with Crippen LogP contribution in [0.2, 0.25) is 0 Å². The van der Waals surface area contributed by atoms with E-state index in [1.54, 1.807) is 25.1 Å². The maximum atomic E-state index is 13.8. The molecule has 0 aliphatic carbocycles. The minimum Gasteiger partial charge on any atom is -0.441 e. The van der Waals surface area contributed by atoms with E-state index in [0.717, 1.165) is 12.1 Å². The second-order valence-electron chi connectivity index (χ2n) is 5.64. The topological polar surface area (TPSA) is 55.1 Å². The summed E-state index contributed by atoms with van der Waals surface area (Å²) in [5.41, 5.74) is 0.856. The minimum atomic E-state index is -1.08. The summed E-state index contributed by atoms with van der Waals surface area (Å²) in [6.45, 7) is 1.91. The van der Waals surface area contributed by atoms with Crippen LogP contribution >= 0.6 is 0 Å². The number of halogens is 3. The van der Waals surface area contributed by atoms with Crippen LogP contribution < -0.4 is 5.32 Å². The van der Waals surface area contributed by atoms with Crippen LogP contribution in [0.25, 0.3) is 11.5 Å². The molecule has 0 aliphatic rings. The first-order valence-corrected chi connectivity index (χ1v) is 7.90. The molecule has 0 bridgehead atoms. The van der Waals surface area contributed by atoms with Gasteiger partial charge < -0.3 is 9.73 Å². The molecule has 0 saturated heterocycles. The number of hydrogen-bond acceptors (Lipinski definition) is 3. The lowest BCUT2D eigenvalue weighted by molar-refractivity contribution is 0.0953. The van der Waals surface area contributed by atoms with Crippen molar-refractivity contribution in [1.82, 2.24) is 10.3 Å². The lowest BCUT2D eigenvalue weighted by atomic mass is 10.2. The average molecular weight is 360 g/mol. The van der Waals surface area contributed by atoms with Crippen LogP contribution in [0.4, 0.5) is 13.2 Å². The van der Waals surface area contributed by atoms with Gasteiger partial charge in [0.1, 0.15) is 11.6 Å². The van der Waals surface area contributed by atoms with Crippen LogP contribution in [-0.2, 0) is 6.42 Å². The molecule has 1 N–H and O–H groups in total. The highest BCUT2D eigenvalue weighted by molar-refractivity contribution is 5.94. The van der Waals surface area contributed by atoms with Crippen molar-refractivity contribution in [3.8, 4) is 11.5 Å². The van der Waals surface area contributed by atoms with E-state index in [-0.39, 0.29) is 23.6 Å². The second-order valence-corrected chi connectivity index (χ2v) is 5.64. The summed E-state index contributed by atoms with van der Waals surface area (Å²) in [7, 11) is 0. The summed E-state index contributed by atoms with van der Waals surface area (Å²) < 4.78 is 45.4. The van der Waals surface area contributed by atoms with Crippen LogP contribution in [0.3, 0.4) is 0 Å². The summed E-state index contributed by atoms with van der Waals surface area (Å²) in [6, 6.07) is 9.06. The molecule has 7 heteroatoms. The minimum absolute atomic E-state index is 0.0211. The van der Waals surface area contributed by atoms with Gasteiger partial charge >= 0.3 is 0 Å². The predicted molar refractivity (Wildman–Crippen MR) is 89.0 cm³/mol. The van der Waals surface area contributed by atoms with E-state index in [2.05, 4.69) is 10.3 Å². The van der Waals surface area contributed by atoms with Gasteiger partial charge in [0.15, 0.2) is 11.6 Å². The lowest BCUT2D eigenvalue weighted by Gasteiger charge is -2.04. The van der Waals surface area contributed by atoms with Crippen LogP contribution in [0, 0.1) is 24.4 Å². The summed E-state index contributed by atoms with van der Waals surface area (Å²) in [4.78, 5) is 16.2. The standard InChI is InChI=1S/C19H15F3N2O2/c1-11-17(24-19(26-11)13-4-2-3-5-14(13)20)8-9-23-18(25)12-6-7-15(21)16(22)10-12/h2-7,10H,8-9H2,1H3,(H,23,25). The number of oxazole rings is 1. The average Bonchev–Trinajstić information content (AvgIpc) is 2.98. The van der Waals surface area contributed by atoms with Gasteiger partial charge in [0.05, 0.1) is 11.3 Å². The number of nitrogens with one attached hydrogen (secondary N) is 1. The van der Waals surface area contributed by atoms with E-state index in [1.165, 1.54) is 12.1 Å². The Balaban J connectivity index is 1.64. The number of amides is 1. The van der Waals surface area contributed by atoms with Crippen molar-refractivity contribution in [2.75, 3.05) is 6.54 Å². The molecule has 1 heterocycles. The molecule has 0 fully saturated rings. The third kappa shape index (κ3) is 3.77. The van der Waals surface area contributed by atoms with Gasteiger partial charge in [-0.15, -0.1) is 0 Å². The van der Waals surface area contributed by atoms with Crippen molar-refractivity contribution in [1.29, 1.82) is 0 Å². The van der Waals surface area contributed by atoms with E-state index in [0.29, 0.717) is 17.9 Å². The molecule has 0 unspecified atom stereocenters. The third-order valence-corrected chi connectivity index (χ3v) is 3.83. The number of aromatic nitrogens is 1. The van der Waals surface area contributed by atoms with Gasteiger partial charge in [-0.25, -0.2) is 18.2 Å². The smallest absolute Gasteiger partial charge is 0.251 e. The Labute approximate surface area is 147 Å². The zero-order valence-corrected chi connectivity index (χ0v) is 13.9. The molecule has 4 nitrogen and oxygen atoms in total. The van der Waals surface area contributed by atoms with E-state index in [9.17, 15) is 18.0 Å². The molecule has 2 aromatic carbocycles. The van der Waals surface area contributed by atoms with Gasteiger partial charge in [-0.1, -0.05) is 12.1 Å². The number of benzene rings is 2. The number of rotatable bonds is 5. The zero-order valence-electron chi connectivity index (χ0n) is 13.9. The van der Waals surface area contributed by atoms with Gasteiger partial charge in [-0.3, -0.25) is 4.79 Å². The Morgan fingerprint density at radius 1 is 1.08 bits per heavy atom. The zero-order chi connectivity index (χ0) is 18.7. The molecule has 134 valence electrons. The van der Waals surface area contributed by atoms with Gasteiger partial charge in [0, 0.05) is 18.5 Å². The Bertz CT molecular complexity index is 954. The summed E-state index contributed by atoms with van der Waals surface area (Å²) in [6.07, 6.45) is 0.346. The number of carbonyl (C=O) groups excluding carboxylic acids is 1. The highest BCUT2D eigenvalue weighted by Gasteiger charge is 2.15. The Morgan fingerprint density at radius 2 is 1.85 bits per heavy atom. The molecule has 0 radical (unpaired) electrons. The fourth-order valence-electron chi connectivity index (χ4n) is 2.44. The largest absolute Gasteiger partial charge is 0.441 e. The van der Waals surface area contributed by atoms with E-state index in [1.807, 2.05) is 0 Å². The predicted octanol–water partition coefficient (Wildman–Crippen LogP) is 4.04. The van der Waals surface area contributed by atoms with Crippen LogP contribution in [0.1, 0.15) is 21.8 Å². The van der Waals surface area contributed by atoms with Crippen LogP contribution in [-0.4, -0.2) is 17.4 Å². The highest BCUT2D eigenvalue weighted by Crippen LogP contribution is 2.24. The maximum absolute atomic E-state index is 13.8. The molecule has 3 aromatic rings. The first-order valence-electron chi connectivity index (χ1n) is 7.90. The molecular weight excluding hydrogens is 345 g/mol. The summed E-state index contributed by atoms with van der Waals surface area (Å²) >= 11 is 0. The molecule has 26 heavy (non-hydrogen) atoms. The molecule has 0 aliphatic heterocycles. The van der Waals surface area contributed by atoms with Gasteiger partial charge in [-0.2, -0.15) is 0 Å². The van der Waals surface area contributed by atoms with Crippen molar-refractivity contribution in [3.05, 3.63) is 76.9 Å². The molecule has 0 atom stereocenters. The SMILES string of the molecule is Cc1oc(-c2ccccc2F)nc1CCNC(=O)c1ccc(F)c(F)c1. The summed E-state index contributed by atoms with van der Waals surface area (Å²) in [5, 5.41) is 2.60. The molecule has 1 aromatic heterocycles. The third-order valence-electron chi connectivity index (χ3n) is 3.83. The Morgan fingerprint density at radius 3 is 2.58 bits per heavy atom. The van der Waals surface area contributed by atoms with Crippen LogP contribution in [0.15, 0.2) is 46.9 Å². The molecular formula is C19H15F3N2O2. The Hall–Kier alpha value is -3.09. The van der Waals surface area contributed by atoms with Gasteiger partial charge in [0.2, 0.25) is 5.89 Å². The normalized spacial score (nSPS) is 10.8. The molecule has 0 saturated carbocycles. The van der Waals surface area contributed by atoms with Crippen LogP contribution in [0.5, 0.6) is 0 Å². The molecule has 0 spiro atoms. The molecule has 3 rings (SSSR count). The fraction of sp³-hybridized carbons (Fsp3) is 0.158. The first-order chi connectivity index (χ1) is 12.5. The van der Waals surface area contributed by atoms with Crippen molar-refractivity contribution >= 4 is 5.91 Å². The van der Waals surface area contributed by atoms with Gasteiger partial charge in [-0.05, 0) is 37.3 Å². The number of carbonyl (C=O) groups is 1. The Kier molecular flexibility index (Phi) is 5.06. The van der Waals surface area contributed by atoms with E-state index < -0.39 is 23.4 Å². The maximum Gasteiger partial charge on any atom is 0.251 e. The fourth-order valence-corrected chi connectivity index (χ4v) is 2.44.